The first kappa shape index (κ1) is 24.4. The Hall–Kier alpha value is -3.73. The van der Waals surface area contributed by atoms with Crippen LogP contribution in [0.2, 0.25) is 0 Å². The molecule has 0 saturated heterocycles. The van der Waals surface area contributed by atoms with E-state index in [0.717, 1.165) is 29.2 Å². The van der Waals surface area contributed by atoms with Crippen molar-refractivity contribution in [2.45, 2.75) is 17.8 Å². The summed E-state index contributed by atoms with van der Waals surface area (Å²) < 4.78 is 48.8. The second-order valence-corrected chi connectivity index (χ2v) is 8.54. The van der Waals surface area contributed by atoms with Crippen LogP contribution < -0.4 is 10.1 Å². The molecule has 0 spiro atoms. The molecular formula is C24H22F3N5O2S. The molecule has 0 aliphatic heterocycles. The van der Waals surface area contributed by atoms with Crippen LogP contribution >= 0.6 is 11.8 Å². The summed E-state index contributed by atoms with van der Waals surface area (Å²) in [5, 5.41) is 11.4. The monoisotopic (exact) mass is 501 g/mol. The minimum Gasteiger partial charge on any atom is -0.497 e. The van der Waals surface area contributed by atoms with Crippen molar-refractivity contribution in [2.24, 2.45) is 7.05 Å². The third kappa shape index (κ3) is 5.68. The zero-order valence-electron chi connectivity index (χ0n) is 18.9. The number of carbonyl (C=O) groups excluding carboxylic acids is 1. The molecule has 2 aromatic heterocycles. The molecule has 0 unspecified atom stereocenters. The summed E-state index contributed by atoms with van der Waals surface area (Å²) in [6, 6.07) is 16.1. The quantitative estimate of drug-likeness (QED) is 0.346. The molecule has 1 N–H and O–H groups in total. The van der Waals surface area contributed by atoms with Crippen LogP contribution in [0.1, 0.15) is 17.1 Å². The Bertz CT molecular complexity index is 1320. The topological polar surface area (TPSA) is 74.0 Å². The molecule has 182 valence electrons. The number of aromatic nitrogens is 4. The van der Waals surface area contributed by atoms with Gasteiger partial charge in [0.2, 0.25) is 5.91 Å². The van der Waals surface area contributed by atoms with Crippen molar-refractivity contribution in [1.82, 2.24) is 19.3 Å². The van der Waals surface area contributed by atoms with Gasteiger partial charge in [-0.15, -0.1) is 10.2 Å². The molecule has 2 heterocycles. The first-order valence-electron chi connectivity index (χ1n) is 10.5. The number of hydrogen-bond donors (Lipinski definition) is 1. The highest BCUT2D eigenvalue weighted by Crippen LogP contribution is 2.34. The van der Waals surface area contributed by atoms with Gasteiger partial charge in [0, 0.05) is 31.0 Å². The molecule has 4 aromatic rings. The fraction of sp³-hybridized carbons (Fsp3) is 0.208. The Morgan fingerprint density at radius 1 is 1.06 bits per heavy atom. The van der Waals surface area contributed by atoms with Gasteiger partial charge in [0.15, 0.2) is 5.16 Å². The lowest BCUT2D eigenvalue weighted by molar-refractivity contribution is -0.137. The number of methoxy groups -OCH3 is 1. The lowest BCUT2D eigenvalue weighted by Crippen LogP contribution is -2.18. The number of aryl methyl sites for hydroxylation is 1. The van der Waals surface area contributed by atoms with Gasteiger partial charge in [0.05, 0.1) is 24.1 Å². The van der Waals surface area contributed by atoms with E-state index in [1.165, 1.54) is 18.2 Å². The van der Waals surface area contributed by atoms with Crippen molar-refractivity contribution < 1.29 is 22.7 Å². The Morgan fingerprint density at radius 3 is 2.46 bits per heavy atom. The van der Waals surface area contributed by atoms with Crippen LogP contribution in [0, 0.1) is 0 Å². The van der Waals surface area contributed by atoms with E-state index >= 15 is 0 Å². The van der Waals surface area contributed by atoms with Gasteiger partial charge in [0.1, 0.15) is 11.6 Å². The van der Waals surface area contributed by atoms with Gasteiger partial charge in [-0.05, 0) is 48.5 Å². The van der Waals surface area contributed by atoms with Gasteiger partial charge in [-0.3, -0.25) is 9.36 Å². The van der Waals surface area contributed by atoms with Crippen LogP contribution in [0.3, 0.4) is 0 Å². The molecule has 0 bridgehead atoms. The minimum absolute atomic E-state index is 0.148. The van der Waals surface area contributed by atoms with Gasteiger partial charge in [-0.1, -0.05) is 23.9 Å². The van der Waals surface area contributed by atoms with E-state index in [1.807, 2.05) is 46.6 Å². The van der Waals surface area contributed by atoms with Gasteiger partial charge in [-0.2, -0.15) is 13.2 Å². The number of rotatable bonds is 8. The Balaban J connectivity index is 1.56. The van der Waals surface area contributed by atoms with Crippen molar-refractivity contribution in [1.29, 1.82) is 0 Å². The van der Waals surface area contributed by atoms with Crippen LogP contribution in [0.25, 0.3) is 5.69 Å². The molecule has 0 fully saturated rings. The standard InChI is InChI=1S/C24H22F3N5O2S/c1-31-13-5-6-17(31)14-21-29-30-23(32(21)16-9-11-18(34-2)12-10-16)35-15-22(33)28-20-8-4-3-7-19(20)24(25,26)27/h3-13H,14-15H2,1-2H3,(H,28,33). The van der Waals surface area contributed by atoms with Crippen molar-refractivity contribution in [3.63, 3.8) is 0 Å². The van der Waals surface area contributed by atoms with Gasteiger partial charge in [0.25, 0.3) is 0 Å². The molecular weight excluding hydrogens is 479 g/mol. The molecule has 2 aromatic carbocycles. The SMILES string of the molecule is COc1ccc(-n2c(Cc3cccn3C)nnc2SCC(=O)Nc2ccccc2C(F)(F)F)cc1. The van der Waals surface area contributed by atoms with E-state index < -0.39 is 17.6 Å². The lowest BCUT2D eigenvalue weighted by atomic mass is 10.1. The summed E-state index contributed by atoms with van der Waals surface area (Å²) in [7, 11) is 3.51. The molecule has 35 heavy (non-hydrogen) atoms. The van der Waals surface area contributed by atoms with Gasteiger partial charge >= 0.3 is 6.18 Å². The summed E-state index contributed by atoms with van der Waals surface area (Å²) in [6.07, 6.45) is -2.14. The summed E-state index contributed by atoms with van der Waals surface area (Å²) in [5.41, 5.74) is 0.603. The molecule has 0 saturated carbocycles. The van der Waals surface area contributed by atoms with E-state index in [4.69, 9.17) is 4.74 Å². The smallest absolute Gasteiger partial charge is 0.418 e. The molecule has 0 radical (unpaired) electrons. The van der Waals surface area contributed by atoms with Gasteiger partial charge in [-0.25, -0.2) is 0 Å². The molecule has 4 rings (SSSR count). The number of carbonyl (C=O) groups is 1. The predicted molar refractivity (Wildman–Crippen MR) is 127 cm³/mol. The zero-order chi connectivity index (χ0) is 25.0. The molecule has 11 heteroatoms. The fourth-order valence-corrected chi connectivity index (χ4v) is 4.27. The lowest BCUT2D eigenvalue weighted by Gasteiger charge is -2.14. The maximum atomic E-state index is 13.2. The Morgan fingerprint density at radius 2 is 1.80 bits per heavy atom. The Kier molecular flexibility index (Phi) is 7.15. The molecule has 7 nitrogen and oxygen atoms in total. The average molecular weight is 502 g/mol. The number of thioether (sulfide) groups is 1. The van der Waals surface area contributed by atoms with E-state index in [1.54, 1.807) is 19.2 Å². The average Bonchev–Trinajstić information content (AvgIpc) is 3.43. The van der Waals surface area contributed by atoms with Crippen molar-refractivity contribution in [3.05, 3.63) is 83.9 Å². The van der Waals surface area contributed by atoms with Crippen LogP contribution in [0.4, 0.5) is 18.9 Å². The molecule has 0 aliphatic carbocycles. The number of benzene rings is 2. The van der Waals surface area contributed by atoms with Crippen molar-refractivity contribution in [3.8, 4) is 11.4 Å². The first-order chi connectivity index (χ1) is 16.8. The predicted octanol–water partition coefficient (Wildman–Crippen LogP) is 4.95. The summed E-state index contributed by atoms with van der Waals surface area (Å²) in [5.74, 6) is 0.606. The molecule has 1 amide bonds. The first-order valence-corrected chi connectivity index (χ1v) is 11.5. The number of halogens is 3. The molecule has 0 atom stereocenters. The van der Waals surface area contributed by atoms with Crippen LogP contribution in [0.5, 0.6) is 5.75 Å². The minimum atomic E-state index is -4.57. The highest BCUT2D eigenvalue weighted by molar-refractivity contribution is 7.99. The van der Waals surface area contributed by atoms with E-state index in [-0.39, 0.29) is 11.4 Å². The fourth-order valence-electron chi connectivity index (χ4n) is 3.50. The van der Waals surface area contributed by atoms with Crippen LogP contribution in [0.15, 0.2) is 72.0 Å². The third-order valence-electron chi connectivity index (χ3n) is 5.26. The second-order valence-electron chi connectivity index (χ2n) is 7.60. The number of nitrogens with zero attached hydrogens (tertiary/aromatic N) is 4. The maximum absolute atomic E-state index is 13.2. The second kappa shape index (κ2) is 10.3. The summed E-state index contributed by atoms with van der Waals surface area (Å²) in [4.78, 5) is 12.5. The zero-order valence-corrected chi connectivity index (χ0v) is 19.7. The Labute approximate surface area is 203 Å². The number of ether oxygens (including phenoxy) is 1. The normalized spacial score (nSPS) is 11.5. The number of amides is 1. The summed E-state index contributed by atoms with van der Waals surface area (Å²) >= 11 is 1.09. The summed E-state index contributed by atoms with van der Waals surface area (Å²) in [6.45, 7) is 0. The number of alkyl halides is 3. The molecule has 0 aliphatic rings. The number of nitrogens with one attached hydrogen (secondary N) is 1. The highest BCUT2D eigenvalue weighted by atomic mass is 32.2. The van der Waals surface area contributed by atoms with Crippen molar-refractivity contribution >= 4 is 23.4 Å². The number of para-hydroxylation sites is 1. The van der Waals surface area contributed by atoms with E-state index in [2.05, 4.69) is 15.5 Å². The third-order valence-corrected chi connectivity index (χ3v) is 6.19. The number of anilines is 1. The number of hydrogen-bond acceptors (Lipinski definition) is 5. The van der Waals surface area contributed by atoms with E-state index in [0.29, 0.717) is 23.2 Å². The maximum Gasteiger partial charge on any atom is 0.418 e. The van der Waals surface area contributed by atoms with Gasteiger partial charge < -0.3 is 14.6 Å². The van der Waals surface area contributed by atoms with E-state index in [9.17, 15) is 18.0 Å². The van der Waals surface area contributed by atoms with Crippen molar-refractivity contribution in [2.75, 3.05) is 18.2 Å². The highest BCUT2D eigenvalue weighted by Gasteiger charge is 2.33. The largest absolute Gasteiger partial charge is 0.497 e. The van der Waals surface area contributed by atoms with Crippen LogP contribution in [-0.4, -0.2) is 38.1 Å². The van der Waals surface area contributed by atoms with Crippen LogP contribution in [-0.2, 0) is 24.4 Å².